The normalized spacial score (nSPS) is 11.0. The van der Waals surface area contributed by atoms with Crippen LogP contribution < -0.4 is 9.80 Å². The highest BCUT2D eigenvalue weighted by Gasteiger charge is 2.22. The van der Waals surface area contributed by atoms with Gasteiger partial charge < -0.3 is 9.80 Å². The first kappa shape index (κ1) is 47.3. The minimum Gasteiger partial charge on any atom is -0.310 e. The smallest absolute Gasteiger partial charge is 0.0540 e. The monoisotopic (exact) mass is 972 g/mol. The van der Waals surface area contributed by atoms with E-state index in [4.69, 9.17) is 0 Å². The lowest BCUT2D eigenvalue weighted by Gasteiger charge is -2.30. The van der Waals surface area contributed by atoms with Gasteiger partial charge in [0.15, 0.2) is 0 Å². The van der Waals surface area contributed by atoms with Crippen molar-refractivity contribution in [3.8, 4) is 77.9 Å². The van der Waals surface area contributed by atoms with Gasteiger partial charge in [0.2, 0.25) is 0 Å². The molecule has 76 heavy (non-hydrogen) atoms. The Kier molecular flexibility index (Phi) is 13.3. The summed E-state index contributed by atoms with van der Waals surface area (Å²) in [6, 6.07) is 110. The van der Waals surface area contributed by atoms with Crippen LogP contribution in [0.15, 0.2) is 303 Å². The predicted molar refractivity (Wildman–Crippen MR) is 323 cm³/mol. The molecule has 0 unspecified atom stereocenters. The van der Waals surface area contributed by atoms with Crippen LogP contribution in [0.25, 0.3) is 77.9 Å². The highest BCUT2D eigenvalue weighted by atomic mass is 15.2. The third-order valence-corrected chi connectivity index (χ3v) is 14.6. The third-order valence-electron chi connectivity index (χ3n) is 14.6. The van der Waals surface area contributed by atoms with Gasteiger partial charge in [-0.1, -0.05) is 243 Å². The molecular weight excluding hydrogens is 917 g/mol. The topological polar surface area (TPSA) is 6.48 Å². The maximum atomic E-state index is 2.43. The summed E-state index contributed by atoms with van der Waals surface area (Å²) in [4.78, 5) is 4.85. The zero-order chi connectivity index (χ0) is 51.2. The summed E-state index contributed by atoms with van der Waals surface area (Å²) in [5.74, 6) is 0. The summed E-state index contributed by atoms with van der Waals surface area (Å²) in [5, 5.41) is 0. The molecule has 0 bridgehead atoms. The molecule has 0 heterocycles. The van der Waals surface area contributed by atoms with Crippen LogP contribution in [0.4, 0.5) is 34.1 Å². The van der Waals surface area contributed by atoms with E-state index >= 15 is 0 Å². The van der Waals surface area contributed by atoms with E-state index in [1.807, 2.05) is 0 Å². The summed E-state index contributed by atoms with van der Waals surface area (Å²) >= 11 is 0. The molecule has 0 saturated heterocycles. The Morgan fingerprint density at radius 1 is 0.184 bits per heavy atom. The van der Waals surface area contributed by atoms with E-state index < -0.39 is 0 Å². The number of aryl methyl sites for hydroxylation is 2. The summed E-state index contributed by atoms with van der Waals surface area (Å²) in [6.45, 7) is 4.49. The second kappa shape index (κ2) is 21.4. The van der Waals surface area contributed by atoms with Crippen molar-refractivity contribution in [1.82, 2.24) is 0 Å². The molecule has 0 atom stereocenters. The van der Waals surface area contributed by atoms with Crippen molar-refractivity contribution < 1.29 is 0 Å². The van der Waals surface area contributed by atoms with Crippen molar-refractivity contribution >= 4 is 34.1 Å². The van der Waals surface area contributed by atoms with Crippen LogP contribution in [-0.4, -0.2) is 0 Å². The highest BCUT2D eigenvalue weighted by Crippen LogP contribution is 2.46. The van der Waals surface area contributed by atoms with Crippen LogP contribution >= 0.6 is 0 Å². The number of nitrogens with zero attached hydrogens (tertiary/aromatic N) is 2. The highest BCUT2D eigenvalue weighted by molar-refractivity contribution is 5.93. The fourth-order valence-electron chi connectivity index (χ4n) is 10.6. The summed E-state index contributed by atoms with van der Waals surface area (Å²) in [6.07, 6.45) is 0. The van der Waals surface area contributed by atoms with Gasteiger partial charge in [-0.15, -0.1) is 0 Å². The first-order valence-corrected chi connectivity index (χ1v) is 26.2. The van der Waals surface area contributed by atoms with Crippen molar-refractivity contribution in [3.63, 3.8) is 0 Å². The lowest BCUT2D eigenvalue weighted by molar-refractivity contribution is 1.24. The SMILES string of the molecule is Cc1cc(-c2ccc(N(c3ccc(-c4ccccc4)cc3)c3ccccc3-c3ccc(-c4ccccc4)cc3)c(C)c2)ccc1N(c1ccc(-c2ccccc2)cc1)c1ccccc1-c1ccc(-c2ccccc2)cc1. The Balaban J connectivity index is 0.922. The molecule has 0 fully saturated rings. The van der Waals surface area contributed by atoms with E-state index in [1.165, 1.54) is 55.6 Å². The van der Waals surface area contributed by atoms with Crippen molar-refractivity contribution in [1.29, 1.82) is 0 Å². The second-order valence-electron chi connectivity index (χ2n) is 19.4. The number of para-hydroxylation sites is 2. The molecule has 0 N–H and O–H groups in total. The summed E-state index contributed by atoms with van der Waals surface area (Å²) in [7, 11) is 0. The molecular formula is C74H56N2. The molecule has 0 aliphatic carbocycles. The van der Waals surface area contributed by atoms with E-state index in [-0.39, 0.29) is 0 Å². The van der Waals surface area contributed by atoms with E-state index in [0.29, 0.717) is 0 Å². The fraction of sp³-hybridized carbons (Fsp3) is 0.0270. The lowest BCUT2D eigenvalue weighted by Crippen LogP contribution is -2.13. The molecule has 362 valence electrons. The third kappa shape index (κ3) is 9.76. The van der Waals surface area contributed by atoms with Gasteiger partial charge in [-0.05, 0) is 152 Å². The van der Waals surface area contributed by atoms with E-state index in [2.05, 4.69) is 327 Å². The van der Waals surface area contributed by atoms with Crippen LogP contribution in [0.5, 0.6) is 0 Å². The minimum absolute atomic E-state index is 1.09. The van der Waals surface area contributed by atoms with Crippen LogP contribution in [-0.2, 0) is 0 Å². The van der Waals surface area contributed by atoms with Crippen LogP contribution in [0.3, 0.4) is 0 Å². The molecule has 12 aromatic carbocycles. The van der Waals surface area contributed by atoms with Gasteiger partial charge >= 0.3 is 0 Å². The Labute approximate surface area is 447 Å². The average molecular weight is 973 g/mol. The standard InChI is InChI=1S/C74H56N2/c1-53-51-65(43-49-71(53)75(67-45-39-61(40-46-67)57-23-11-5-12-24-57)73-29-17-15-27-69(73)63-35-31-59(32-36-63)55-19-7-3-8-20-55)66-44-50-72(54(2)52-66)76(68-47-41-62(42-48-68)58-25-13-6-14-26-58)74-30-18-16-28-70(74)64-37-33-60(34-38-64)56-21-9-4-10-22-56/h3-52H,1-2H3. The molecule has 0 spiro atoms. The molecule has 12 rings (SSSR count). The van der Waals surface area contributed by atoms with Crippen LogP contribution in [0, 0.1) is 13.8 Å². The van der Waals surface area contributed by atoms with Crippen molar-refractivity contribution in [3.05, 3.63) is 314 Å². The van der Waals surface area contributed by atoms with Crippen molar-refractivity contribution in [2.75, 3.05) is 9.80 Å². The largest absolute Gasteiger partial charge is 0.310 e. The van der Waals surface area contributed by atoms with Gasteiger partial charge in [0.1, 0.15) is 0 Å². The van der Waals surface area contributed by atoms with Gasteiger partial charge in [0, 0.05) is 33.9 Å². The van der Waals surface area contributed by atoms with Gasteiger partial charge in [-0.2, -0.15) is 0 Å². The summed E-state index contributed by atoms with van der Waals surface area (Å²) in [5.41, 5.74) is 25.6. The van der Waals surface area contributed by atoms with Gasteiger partial charge in [-0.25, -0.2) is 0 Å². The number of anilines is 6. The predicted octanol–water partition coefficient (Wildman–Crippen LogP) is 20.9. The number of benzene rings is 12. The zero-order valence-corrected chi connectivity index (χ0v) is 42.8. The Morgan fingerprint density at radius 2 is 0.421 bits per heavy atom. The Hall–Kier alpha value is -9.76. The Morgan fingerprint density at radius 3 is 0.724 bits per heavy atom. The molecule has 0 saturated carbocycles. The maximum absolute atomic E-state index is 2.43. The van der Waals surface area contributed by atoms with E-state index in [1.54, 1.807) is 0 Å². The first-order chi connectivity index (χ1) is 37.5. The molecule has 12 aromatic rings. The first-order valence-electron chi connectivity index (χ1n) is 26.2. The Bertz CT molecular complexity index is 3630. The molecule has 0 aliphatic heterocycles. The number of rotatable bonds is 13. The maximum Gasteiger partial charge on any atom is 0.0540 e. The molecule has 0 aliphatic rings. The number of hydrogen-bond acceptors (Lipinski definition) is 2. The van der Waals surface area contributed by atoms with E-state index in [9.17, 15) is 0 Å². The second-order valence-corrected chi connectivity index (χ2v) is 19.4. The van der Waals surface area contributed by atoms with Gasteiger partial charge in [0.05, 0.1) is 11.4 Å². The fourth-order valence-corrected chi connectivity index (χ4v) is 10.6. The van der Waals surface area contributed by atoms with Crippen molar-refractivity contribution in [2.24, 2.45) is 0 Å². The molecule has 2 heteroatoms. The zero-order valence-electron chi connectivity index (χ0n) is 42.8. The lowest BCUT2D eigenvalue weighted by atomic mass is 9.96. The quantitative estimate of drug-likeness (QED) is 0.114. The van der Waals surface area contributed by atoms with Gasteiger partial charge in [0.25, 0.3) is 0 Å². The van der Waals surface area contributed by atoms with E-state index in [0.717, 1.165) is 67.5 Å². The summed E-state index contributed by atoms with van der Waals surface area (Å²) < 4.78 is 0. The molecule has 2 nitrogen and oxygen atoms in total. The number of hydrogen-bond donors (Lipinski definition) is 0. The minimum atomic E-state index is 1.09. The van der Waals surface area contributed by atoms with Crippen LogP contribution in [0.1, 0.15) is 11.1 Å². The van der Waals surface area contributed by atoms with Crippen LogP contribution in [0.2, 0.25) is 0 Å². The average Bonchev–Trinajstić information content (AvgIpc) is 3.52. The molecule has 0 aromatic heterocycles. The van der Waals surface area contributed by atoms with Gasteiger partial charge in [-0.3, -0.25) is 0 Å². The molecule has 0 radical (unpaired) electrons. The van der Waals surface area contributed by atoms with Crippen molar-refractivity contribution in [2.45, 2.75) is 13.8 Å². The molecule has 0 amide bonds.